The molecule has 170 valence electrons. The number of hydrogen-bond donors (Lipinski definition) is 1. The minimum absolute atomic E-state index is 0.0845. The highest BCUT2D eigenvalue weighted by molar-refractivity contribution is 7.98. The number of carbonyl (C=O) groups excluding carboxylic acids is 1. The second-order valence-electron chi connectivity index (χ2n) is 7.13. The molecule has 3 heterocycles. The molecule has 0 amide bonds. The van der Waals surface area contributed by atoms with Gasteiger partial charge in [-0.3, -0.25) is 14.2 Å². The number of aromatic nitrogens is 5. The minimum atomic E-state index is -0.337. The van der Waals surface area contributed by atoms with E-state index in [2.05, 4.69) is 26.7 Å². The van der Waals surface area contributed by atoms with Crippen molar-refractivity contribution in [2.45, 2.75) is 37.9 Å². The van der Waals surface area contributed by atoms with E-state index in [0.717, 1.165) is 0 Å². The lowest BCUT2D eigenvalue weighted by Gasteiger charge is -2.09. The highest BCUT2D eigenvalue weighted by atomic mass is 32.2. The molecule has 0 saturated carbocycles. The molecule has 1 N–H and O–H groups in total. The Labute approximate surface area is 196 Å². The van der Waals surface area contributed by atoms with Gasteiger partial charge < -0.3 is 9.72 Å². The number of thioether (sulfide) groups is 1. The molecule has 0 radical (unpaired) electrons. The highest BCUT2D eigenvalue weighted by Crippen LogP contribution is 2.28. The number of ketones is 1. The van der Waals surface area contributed by atoms with E-state index in [1.807, 2.05) is 4.57 Å². The molecule has 11 heteroatoms. The number of hydrogen-bond acceptors (Lipinski definition) is 8. The second-order valence-corrected chi connectivity index (χ2v) is 9.08. The number of aromatic amines is 1. The van der Waals surface area contributed by atoms with E-state index in [9.17, 15) is 14.0 Å². The van der Waals surface area contributed by atoms with E-state index in [1.165, 1.54) is 42.2 Å². The Morgan fingerprint density at radius 1 is 1.33 bits per heavy atom. The number of thiophene rings is 1. The molecule has 0 saturated heterocycles. The van der Waals surface area contributed by atoms with Crippen LogP contribution in [0.4, 0.5) is 4.39 Å². The summed E-state index contributed by atoms with van der Waals surface area (Å²) in [5.41, 5.74) is 0.393. The van der Waals surface area contributed by atoms with Crippen LogP contribution < -0.4 is 10.3 Å². The van der Waals surface area contributed by atoms with Crippen molar-refractivity contribution in [1.82, 2.24) is 24.7 Å². The topological polar surface area (TPSA) is 103 Å². The smallest absolute Gasteiger partial charge is 0.259 e. The Morgan fingerprint density at radius 2 is 2.09 bits per heavy atom. The van der Waals surface area contributed by atoms with Crippen molar-refractivity contribution in [2.24, 2.45) is 0 Å². The molecule has 4 aromatic rings. The van der Waals surface area contributed by atoms with E-state index >= 15 is 0 Å². The molecule has 0 aliphatic rings. The number of benzene rings is 1. The molecule has 33 heavy (non-hydrogen) atoms. The fraction of sp³-hybridized carbons (Fsp3) is 0.227. The number of aryl methyl sites for hydroxylation is 1. The normalized spacial score (nSPS) is 11.1. The SMILES string of the molecule is C=CCn1c(COc2ccc(F)cc2)nnc1SCc1nc2sc(C(C)=O)c(C)c2c(=O)[nH]1. The summed E-state index contributed by atoms with van der Waals surface area (Å²) in [7, 11) is 0. The molecule has 0 atom stereocenters. The molecule has 0 aliphatic heterocycles. The van der Waals surface area contributed by atoms with Gasteiger partial charge in [-0.15, -0.1) is 28.1 Å². The van der Waals surface area contributed by atoms with Gasteiger partial charge in [0.05, 0.1) is 16.0 Å². The van der Waals surface area contributed by atoms with Crippen LogP contribution >= 0.6 is 23.1 Å². The monoisotopic (exact) mass is 485 g/mol. The number of H-pyrrole nitrogens is 1. The number of rotatable bonds is 9. The van der Waals surface area contributed by atoms with Crippen LogP contribution in [0.1, 0.15) is 33.8 Å². The first-order valence-electron chi connectivity index (χ1n) is 9.94. The lowest BCUT2D eigenvalue weighted by Crippen LogP contribution is -2.11. The van der Waals surface area contributed by atoms with Crippen LogP contribution in [-0.2, 0) is 18.9 Å². The average Bonchev–Trinajstić information content (AvgIpc) is 3.33. The van der Waals surface area contributed by atoms with Gasteiger partial charge in [0.25, 0.3) is 5.56 Å². The number of nitrogens with one attached hydrogen (secondary N) is 1. The molecule has 3 aromatic heterocycles. The average molecular weight is 486 g/mol. The molecule has 8 nitrogen and oxygen atoms in total. The molecule has 4 rings (SSSR count). The number of ether oxygens (including phenoxy) is 1. The van der Waals surface area contributed by atoms with Crippen LogP contribution in [0.3, 0.4) is 0 Å². The second kappa shape index (κ2) is 9.67. The zero-order valence-corrected chi connectivity index (χ0v) is 19.6. The predicted octanol–water partition coefficient (Wildman–Crippen LogP) is 4.28. The Bertz CT molecular complexity index is 1390. The van der Waals surface area contributed by atoms with Crippen LogP contribution in [0.5, 0.6) is 5.75 Å². The van der Waals surface area contributed by atoms with Crippen molar-refractivity contribution in [3.05, 3.63) is 75.2 Å². The van der Waals surface area contributed by atoms with E-state index in [-0.39, 0.29) is 23.8 Å². The maximum atomic E-state index is 13.1. The first kappa shape index (κ1) is 22.9. The molecule has 1 aromatic carbocycles. The van der Waals surface area contributed by atoms with Crippen molar-refractivity contribution >= 4 is 39.1 Å². The summed E-state index contributed by atoms with van der Waals surface area (Å²) in [4.78, 5) is 32.8. The summed E-state index contributed by atoms with van der Waals surface area (Å²) in [5, 5.41) is 9.49. The van der Waals surface area contributed by atoms with Gasteiger partial charge >= 0.3 is 0 Å². The van der Waals surface area contributed by atoms with E-state index in [4.69, 9.17) is 4.74 Å². The largest absolute Gasteiger partial charge is 0.486 e. The number of carbonyl (C=O) groups is 1. The molecule has 0 spiro atoms. The maximum Gasteiger partial charge on any atom is 0.259 e. The molecule has 0 fully saturated rings. The van der Waals surface area contributed by atoms with Gasteiger partial charge in [0, 0.05) is 6.54 Å². The van der Waals surface area contributed by atoms with Gasteiger partial charge in [-0.1, -0.05) is 17.8 Å². The third-order valence-corrected chi connectivity index (χ3v) is 7.06. The van der Waals surface area contributed by atoms with Gasteiger partial charge in [-0.2, -0.15) is 0 Å². The van der Waals surface area contributed by atoms with Crippen LogP contribution in [-0.4, -0.2) is 30.5 Å². The summed E-state index contributed by atoms with van der Waals surface area (Å²) < 4.78 is 20.6. The molecule has 0 aliphatic carbocycles. The van der Waals surface area contributed by atoms with Gasteiger partial charge in [-0.05, 0) is 43.7 Å². The van der Waals surface area contributed by atoms with E-state index in [1.54, 1.807) is 25.1 Å². The van der Waals surface area contributed by atoms with Crippen LogP contribution in [0, 0.1) is 12.7 Å². The third-order valence-electron chi connectivity index (χ3n) is 4.79. The first-order valence-corrected chi connectivity index (χ1v) is 11.7. The van der Waals surface area contributed by atoms with Gasteiger partial charge in [0.15, 0.2) is 16.8 Å². The summed E-state index contributed by atoms with van der Waals surface area (Å²) >= 11 is 2.59. The molecular formula is C22H20FN5O3S2. The maximum absolute atomic E-state index is 13.1. The zero-order chi connectivity index (χ0) is 23.5. The van der Waals surface area contributed by atoms with E-state index in [0.29, 0.717) is 55.5 Å². The Morgan fingerprint density at radius 3 is 2.79 bits per heavy atom. The third kappa shape index (κ3) is 4.88. The fourth-order valence-electron chi connectivity index (χ4n) is 3.25. The summed E-state index contributed by atoms with van der Waals surface area (Å²) in [6.45, 7) is 7.63. The van der Waals surface area contributed by atoms with E-state index < -0.39 is 0 Å². The van der Waals surface area contributed by atoms with Crippen molar-refractivity contribution in [3.63, 3.8) is 0 Å². The van der Waals surface area contributed by atoms with Crippen molar-refractivity contribution < 1.29 is 13.9 Å². The molecule has 0 bridgehead atoms. The van der Waals surface area contributed by atoms with Crippen LogP contribution in [0.25, 0.3) is 10.2 Å². The standard InChI is InChI=1S/C22H20FN5O3S2/c1-4-9-28-17(10-31-15-7-5-14(23)6-8-15)26-27-22(28)32-11-16-24-20(30)18-12(2)19(13(3)29)33-21(18)25-16/h4-8H,1,9-11H2,2-3H3,(H,24,25,30). The summed E-state index contributed by atoms with van der Waals surface area (Å²) in [6, 6.07) is 5.73. The quantitative estimate of drug-likeness (QED) is 0.214. The van der Waals surface area contributed by atoms with Crippen molar-refractivity contribution in [2.75, 3.05) is 0 Å². The van der Waals surface area contributed by atoms with Gasteiger partial charge in [-0.25, -0.2) is 9.37 Å². The predicted molar refractivity (Wildman–Crippen MR) is 125 cm³/mol. The zero-order valence-electron chi connectivity index (χ0n) is 17.9. The first-order chi connectivity index (χ1) is 15.9. The minimum Gasteiger partial charge on any atom is -0.486 e. The lowest BCUT2D eigenvalue weighted by molar-refractivity contribution is 0.102. The molecule has 0 unspecified atom stereocenters. The highest BCUT2D eigenvalue weighted by Gasteiger charge is 2.18. The molecular weight excluding hydrogens is 465 g/mol. The van der Waals surface area contributed by atoms with Gasteiger partial charge in [0.2, 0.25) is 0 Å². The van der Waals surface area contributed by atoms with Crippen molar-refractivity contribution in [3.8, 4) is 5.75 Å². The summed E-state index contributed by atoms with van der Waals surface area (Å²) in [5.74, 6) is 1.51. The van der Waals surface area contributed by atoms with Crippen LogP contribution in [0.2, 0.25) is 0 Å². The summed E-state index contributed by atoms with van der Waals surface area (Å²) in [6.07, 6.45) is 1.72. The number of Topliss-reactive ketones (excluding diaryl/α,β-unsaturated/α-hetero) is 1. The number of fused-ring (bicyclic) bond motifs is 1. The Hall–Kier alpha value is -3.31. The fourth-order valence-corrected chi connectivity index (χ4v) is 5.18. The number of allylic oxidation sites excluding steroid dienone is 1. The number of halogens is 1. The Balaban J connectivity index is 1.52. The van der Waals surface area contributed by atoms with Crippen molar-refractivity contribution in [1.29, 1.82) is 0 Å². The number of nitrogens with zero attached hydrogens (tertiary/aromatic N) is 4. The Kier molecular flexibility index (Phi) is 6.70. The lowest BCUT2D eigenvalue weighted by atomic mass is 10.2. The van der Waals surface area contributed by atoms with Crippen LogP contribution in [0.15, 0.2) is 46.9 Å². The van der Waals surface area contributed by atoms with Gasteiger partial charge in [0.1, 0.15) is 28.8 Å².